The molecule has 0 aliphatic rings. The van der Waals surface area contributed by atoms with Crippen molar-refractivity contribution in [3.05, 3.63) is 40.3 Å². The lowest BCUT2D eigenvalue weighted by Gasteiger charge is -2.03. The number of aromatic nitrogens is 1. The van der Waals surface area contributed by atoms with Crippen LogP contribution in [0.2, 0.25) is 0 Å². The Kier molecular flexibility index (Phi) is 2.21. The summed E-state index contributed by atoms with van der Waals surface area (Å²) in [5.41, 5.74) is -0.729. The zero-order valence-corrected chi connectivity index (χ0v) is 8.21. The number of H-pyrrole nitrogens is 1. The molecule has 1 heterocycles. The van der Waals surface area contributed by atoms with Crippen molar-refractivity contribution in [1.82, 2.24) is 4.98 Å². The monoisotopic (exact) mass is 223 g/mol. The number of hydrogen-bond acceptors (Lipinski definition) is 3. The Morgan fingerprint density at radius 2 is 1.87 bits per heavy atom. The van der Waals surface area contributed by atoms with Crippen molar-refractivity contribution in [2.24, 2.45) is 0 Å². The molecule has 1 aromatic carbocycles. The molecule has 0 spiro atoms. The van der Waals surface area contributed by atoms with E-state index >= 15 is 0 Å². The van der Waals surface area contributed by atoms with Crippen LogP contribution in [0.25, 0.3) is 10.8 Å². The number of carbonyl (C=O) groups is 1. The topological polar surface area (TPSA) is 70.2 Å². The molecule has 2 rings (SSSR count). The van der Waals surface area contributed by atoms with Gasteiger partial charge in [-0.3, -0.25) is 9.59 Å². The third-order valence-electron chi connectivity index (χ3n) is 2.10. The van der Waals surface area contributed by atoms with Crippen molar-refractivity contribution in [3.8, 4) is 5.75 Å². The first-order valence-corrected chi connectivity index (χ1v) is 4.53. The van der Waals surface area contributed by atoms with Gasteiger partial charge in [-0.25, -0.2) is 0 Å². The number of rotatable bonds is 1. The molecule has 2 N–H and O–H groups in total. The van der Waals surface area contributed by atoms with Gasteiger partial charge in [0, 0.05) is 5.39 Å². The maximum absolute atomic E-state index is 11.5. The second kappa shape index (κ2) is 3.40. The number of carbonyl (C=O) groups excluding carboxylic acids is 1. The predicted molar refractivity (Wildman–Crippen MR) is 56.4 cm³/mol. The van der Waals surface area contributed by atoms with Crippen molar-refractivity contribution < 1.29 is 9.90 Å². The van der Waals surface area contributed by atoms with Crippen molar-refractivity contribution in [2.75, 3.05) is 0 Å². The van der Waals surface area contributed by atoms with E-state index in [9.17, 15) is 14.7 Å². The Morgan fingerprint density at radius 3 is 2.47 bits per heavy atom. The third kappa shape index (κ3) is 1.49. The van der Waals surface area contributed by atoms with Crippen molar-refractivity contribution >= 4 is 27.6 Å². The molecule has 76 valence electrons. The summed E-state index contributed by atoms with van der Waals surface area (Å²) in [5.74, 6) is -0.301. The fourth-order valence-corrected chi connectivity index (χ4v) is 1.54. The van der Waals surface area contributed by atoms with Crippen molar-refractivity contribution in [3.63, 3.8) is 0 Å². The van der Waals surface area contributed by atoms with Crippen LogP contribution in [0.4, 0.5) is 0 Å². The van der Waals surface area contributed by atoms with Crippen LogP contribution in [0.3, 0.4) is 0 Å². The van der Waals surface area contributed by atoms with Gasteiger partial charge < -0.3 is 10.1 Å². The molecule has 0 bridgehead atoms. The molecule has 0 saturated heterocycles. The molecule has 0 unspecified atom stereocenters. The second-order valence-corrected chi connectivity index (χ2v) is 3.34. The molecule has 0 amide bonds. The number of pyridine rings is 1. The quantitative estimate of drug-likeness (QED) is 0.722. The maximum Gasteiger partial charge on any atom is 0.272 e. The third-order valence-corrected chi connectivity index (χ3v) is 2.29. The number of fused-ring (bicyclic) bond motifs is 1. The summed E-state index contributed by atoms with van der Waals surface area (Å²) in [6.07, 6.45) is 0. The molecule has 5 heteroatoms. The zero-order chi connectivity index (χ0) is 11.0. The van der Waals surface area contributed by atoms with Gasteiger partial charge in [-0.15, -0.1) is 0 Å². The Labute approximate surface area is 89.1 Å². The van der Waals surface area contributed by atoms with Gasteiger partial charge >= 0.3 is 0 Å². The molecule has 0 atom stereocenters. The van der Waals surface area contributed by atoms with Gasteiger partial charge in [0.05, 0.1) is 5.39 Å². The average molecular weight is 224 g/mol. The molecule has 15 heavy (non-hydrogen) atoms. The highest BCUT2D eigenvalue weighted by Crippen LogP contribution is 2.25. The summed E-state index contributed by atoms with van der Waals surface area (Å²) >= 11 is 5.21. The molecule has 1 aromatic heterocycles. The first kappa shape index (κ1) is 9.73. The van der Waals surface area contributed by atoms with E-state index in [1.807, 2.05) is 0 Å². The lowest BCUT2D eigenvalue weighted by atomic mass is 10.1. The Morgan fingerprint density at radius 1 is 1.27 bits per heavy atom. The van der Waals surface area contributed by atoms with Crippen LogP contribution in [0, 0.1) is 0 Å². The van der Waals surface area contributed by atoms with Gasteiger partial charge in [-0.1, -0.05) is 18.2 Å². The van der Waals surface area contributed by atoms with Crippen LogP contribution < -0.4 is 5.56 Å². The molecule has 0 saturated carbocycles. The fourth-order valence-electron chi connectivity index (χ4n) is 1.40. The summed E-state index contributed by atoms with van der Waals surface area (Å²) in [6, 6.07) is 6.42. The lowest BCUT2D eigenvalue weighted by Crippen LogP contribution is -2.11. The maximum atomic E-state index is 11.5. The van der Waals surface area contributed by atoms with E-state index in [4.69, 9.17) is 11.6 Å². The van der Waals surface area contributed by atoms with E-state index in [2.05, 4.69) is 4.98 Å². The van der Waals surface area contributed by atoms with E-state index < -0.39 is 10.8 Å². The molecule has 0 fully saturated rings. The SMILES string of the molecule is O=C(Cl)c1[nH]c(=O)c2ccccc2c1O. The van der Waals surface area contributed by atoms with Crippen LogP contribution in [0.1, 0.15) is 10.5 Å². The minimum Gasteiger partial charge on any atom is -0.505 e. The van der Waals surface area contributed by atoms with E-state index in [0.717, 1.165) is 0 Å². The number of nitrogens with one attached hydrogen (secondary N) is 1. The van der Waals surface area contributed by atoms with Crippen LogP contribution in [0.5, 0.6) is 5.75 Å². The van der Waals surface area contributed by atoms with Gasteiger partial charge in [0.2, 0.25) is 0 Å². The summed E-state index contributed by atoms with van der Waals surface area (Å²) in [7, 11) is 0. The van der Waals surface area contributed by atoms with Crippen molar-refractivity contribution in [1.29, 1.82) is 0 Å². The highest BCUT2D eigenvalue weighted by Gasteiger charge is 2.14. The molecule has 2 aromatic rings. The summed E-state index contributed by atoms with van der Waals surface area (Å²) < 4.78 is 0. The van der Waals surface area contributed by atoms with Crippen molar-refractivity contribution in [2.45, 2.75) is 0 Å². The highest BCUT2D eigenvalue weighted by atomic mass is 35.5. The Bertz CT molecular complexity index is 603. The van der Waals surface area contributed by atoms with Crippen LogP contribution >= 0.6 is 11.6 Å². The lowest BCUT2D eigenvalue weighted by molar-refractivity contribution is 0.107. The van der Waals surface area contributed by atoms with E-state index in [-0.39, 0.29) is 11.4 Å². The van der Waals surface area contributed by atoms with Gasteiger partial charge in [0.1, 0.15) is 5.69 Å². The van der Waals surface area contributed by atoms with E-state index in [1.54, 1.807) is 24.3 Å². The number of benzene rings is 1. The minimum absolute atomic E-state index is 0.277. The molecule has 4 nitrogen and oxygen atoms in total. The molecular formula is C10H6ClNO3. The van der Waals surface area contributed by atoms with Gasteiger partial charge in [-0.05, 0) is 17.7 Å². The Hall–Kier alpha value is -1.81. The largest absolute Gasteiger partial charge is 0.505 e. The minimum atomic E-state index is -0.893. The van der Waals surface area contributed by atoms with Gasteiger partial charge in [0.15, 0.2) is 5.75 Å². The molecular weight excluding hydrogens is 218 g/mol. The standard InChI is InChI=1S/C10H6ClNO3/c11-9(14)7-8(13)5-3-1-2-4-6(5)10(15)12-7/h1-4,13H,(H,12,15). The van der Waals surface area contributed by atoms with Crippen LogP contribution in [0.15, 0.2) is 29.1 Å². The predicted octanol–water partition coefficient (Wildman–Crippen LogP) is 1.61. The van der Waals surface area contributed by atoms with E-state index in [1.165, 1.54) is 0 Å². The number of aromatic hydroxyl groups is 1. The molecule has 0 aliphatic heterocycles. The average Bonchev–Trinajstić information content (AvgIpc) is 2.23. The first-order valence-electron chi connectivity index (χ1n) is 4.15. The summed E-state index contributed by atoms with van der Waals surface area (Å²) in [5, 5.41) is 9.40. The first-order chi connectivity index (χ1) is 7.11. The molecule has 0 aliphatic carbocycles. The van der Waals surface area contributed by atoms with E-state index in [0.29, 0.717) is 10.8 Å². The normalized spacial score (nSPS) is 10.5. The fraction of sp³-hybridized carbons (Fsp3) is 0. The van der Waals surface area contributed by atoms with Gasteiger partial charge in [0.25, 0.3) is 10.8 Å². The number of halogens is 1. The summed E-state index contributed by atoms with van der Waals surface area (Å²) in [6.45, 7) is 0. The molecule has 0 radical (unpaired) electrons. The smallest absolute Gasteiger partial charge is 0.272 e. The number of aromatic amines is 1. The number of hydrogen-bond donors (Lipinski definition) is 2. The highest BCUT2D eigenvalue weighted by molar-refractivity contribution is 6.67. The zero-order valence-electron chi connectivity index (χ0n) is 7.45. The van der Waals surface area contributed by atoms with Crippen LogP contribution in [-0.4, -0.2) is 15.3 Å². The second-order valence-electron chi connectivity index (χ2n) is 3.00. The Balaban J connectivity index is 2.97. The summed E-state index contributed by atoms with van der Waals surface area (Å²) in [4.78, 5) is 24.6. The van der Waals surface area contributed by atoms with Gasteiger partial charge in [-0.2, -0.15) is 0 Å². The van der Waals surface area contributed by atoms with Crippen LogP contribution in [-0.2, 0) is 0 Å².